The quantitative estimate of drug-likeness (QED) is 0.569. The number of sulfonamides is 1. The Balaban J connectivity index is 1.83. The van der Waals surface area contributed by atoms with Gasteiger partial charge < -0.3 is 14.8 Å². The molecule has 31 heavy (non-hydrogen) atoms. The average Bonchev–Trinajstić information content (AvgIpc) is 2.71. The molecule has 0 saturated heterocycles. The number of hydrogen-bond donors (Lipinski definition) is 1. The molecule has 1 N–H and O–H groups in total. The first-order valence-corrected chi connectivity index (χ1v) is 12.1. The number of ether oxygens (including phenoxy) is 2. The van der Waals surface area contributed by atoms with E-state index in [1.54, 1.807) is 19.2 Å². The Morgan fingerprint density at radius 1 is 1.10 bits per heavy atom. The highest BCUT2D eigenvalue weighted by Gasteiger charge is 2.19. The lowest BCUT2D eigenvalue weighted by atomic mass is 10.1. The first kappa shape index (κ1) is 24.5. The molecule has 0 unspecified atom stereocenters. The molecule has 0 aromatic heterocycles. The average molecular weight is 449 g/mol. The fourth-order valence-corrected chi connectivity index (χ4v) is 4.13. The minimum absolute atomic E-state index is 0.139. The standard InChI is InChI=1S/C23H32N2O5S/c1-17-8-9-18(2)22(15-17)25(31(5,27)28)14-6-7-23(26)24-19(3)16-30-21-12-10-20(29-4)11-13-21/h8-13,15,19H,6-7,14,16H2,1-5H3,(H,24,26)/t19-/m0/s1. The van der Waals surface area contributed by atoms with E-state index in [9.17, 15) is 13.2 Å². The third kappa shape index (κ3) is 7.79. The highest BCUT2D eigenvalue weighted by atomic mass is 32.2. The van der Waals surface area contributed by atoms with Crippen LogP contribution in [0.1, 0.15) is 30.9 Å². The number of carbonyl (C=O) groups is 1. The van der Waals surface area contributed by atoms with Gasteiger partial charge in [-0.1, -0.05) is 12.1 Å². The summed E-state index contributed by atoms with van der Waals surface area (Å²) in [6.07, 6.45) is 1.83. The second-order valence-corrected chi connectivity index (χ2v) is 9.59. The van der Waals surface area contributed by atoms with Gasteiger partial charge in [-0.25, -0.2) is 8.42 Å². The molecule has 0 heterocycles. The molecule has 1 atom stereocenters. The van der Waals surface area contributed by atoms with Gasteiger partial charge in [0, 0.05) is 13.0 Å². The van der Waals surface area contributed by atoms with E-state index in [1.807, 2.05) is 51.1 Å². The molecule has 2 aromatic rings. The van der Waals surface area contributed by atoms with E-state index in [2.05, 4.69) is 5.32 Å². The SMILES string of the molecule is COc1ccc(OC[C@H](C)NC(=O)CCCN(c2cc(C)ccc2C)S(C)(=O)=O)cc1. The first-order chi connectivity index (χ1) is 14.6. The normalized spacial score (nSPS) is 12.2. The molecular formula is C23H32N2O5S. The smallest absolute Gasteiger partial charge is 0.232 e. The predicted octanol–water partition coefficient (Wildman–Crippen LogP) is 3.44. The van der Waals surface area contributed by atoms with E-state index in [4.69, 9.17) is 9.47 Å². The van der Waals surface area contributed by atoms with E-state index >= 15 is 0 Å². The van der Waals surface area contributed by atoms with Crippen molar-refractivity contribution in [3.8, 4) is 11.5 Å². The number of nitrogens with one attached hydrogen (secondary N) is 1. The van der Waals surface area contributed by atoms with Gasteiger partial charge in [-0.3, -0.25) is 9.10 Å². The van der Waals surface area contributed by atoms with Crippen molar-refractivity contribution >= 4 is 21.6 Å². The molecule has 0 aliphatic rings. The van der Waals surface area contributed by atoms with Crippen LogP contribution in [0.15, 0.2) is 42.5 Å². The first-order valence-electron chi connectivity index (χ1n) is 10.2. The highest BCUT2D eigenvalue weighted by Crippen LogP contribution is 2.24. The molecule has 0 saturated carbocycles. The van der Waals surface area contributed by atoms with Crippen LogP contribution in [-0.4, -0.2) is 46.9 Å². The molecule has 0 aliphatic carbocycles. The topological polar surface area (TPSA) is 84.9 Å². The van der Waals surface area contributed by atoms with E-state index in [0.717, 1.165) is 16.9 Å². The van der Waals surface area contributed by atoms with Crippen molar-refractivity contribution in [1.82, 2.24) is 5.32 Å². The van der Waals surface area contributed by atoms with Crippen LogP contribution >= 0.6 is 0 Å². The third-order valence-corrected chi connectivity index (χ3v) is 5.95. The zero-order chi connectivity index (χ0) is 23.0. The summed E-state index contributed by atoms with van der Waals surface area (Å²) >= 11 is 0. The number of carbonyl (C=O) groups excluding carboxylic acids is 1. The second-order valence-electron chi connectivity index (χ2n) is 7.68. The summed E-state index contributed by atoms with van der Waals surface area (Å²) in [5.74, 6) is 1.30. The molecule has 8 heteroatoms. The number of aryl methyl sites for hydroxylation is 2. The Bertz CT molecular complexity index is 974. The minimum Gasteiger partial charge on any atom is -0.497 e. The van der Waals surface area contributed by atoms with E-state index in [0.29, 0.717) is 24.5 Å². The summed E-state index contributed by atoms with van der Waals surface area (Å²) in [4.78, 5) is 12.3. The lowest BCUT2D eigenvalue weighted by Gasteiger charge is -2.24. The van der Waals surface area contributed by atoms with Crippen LogP contribution < -0.4 is 19.1 Å². The Hall–Kier alpha value is -2.74. The molecule has 0 aliphatic heterocycles. The molecular weight excluding hydrogens is 416 g/mol. The summed E-state index contributed by atoms with van der Waals surface area (Å²) < 4.78 is 36.8. The van der Waals surface area contributed by atoms with Crippen LogP contribution in [0.4, 0.5) is 5.69 Å². The Labute approximate surface area is 185 Å². The Morgan fingerprint density at radius 2 is 1.74 bits per heavy atom. The van der Waals surface area contributed by atoms with Gasteiger partial charge >= 0.3 is 0 Å². The maximum Gasteiger partial charge on any atom is 0.232 e. The van der Waals surface area contributed by atoms with Gasteiger partial charge in [-0.15, -0.1) is 0 Å². The van der Waals surface area contributed by atoms with Crippen LogP contribution in [0.25, 0.3) is 0 Å². The molecule has 7 nitrogen and oxygen atoms in total. The summed E-state index contributed by atoms with van der Waals surface area (Å²) in [5, 5.41) is 2.89. The minimum atomic E-state index is -3.45. The highest BCUT2D eigenvalue weighted by molar-refractivity contribution is 7.92. The molecule has 2 aromatic carbocycles. The number of hydrogen-bond acceptors (Lipinski definition) is 5. The molecule has 1 amide bonds. The molecule has 0 fully saturated rings. The van der Waals surface area contributed by atoms with Gasteiger partial charge in [0.15, 0.2) is 0 Å². The zero-order valence-electron chi connectivity index (χ0n) is 18.8. The van der Waals surface area contributed by atoms with Gasteiger partial charge in [0.25, 0.3) is 0 Å². The number of anilines is 1. The van der Waals surface area contributed by atoms with Crippen molar-refractivity contribution in [3.63, 3.8) is 0 Å². The largest absolute Gasteiger partial charge is 0.497 e. The number of benzene rings is 2. The number of rotatable bonds is 11. The van der Waals surface area contributed by atoms with Crippen molar-refractivity contribution in [2.45, 2.75) is 39.7 Å². The maximum absolute atomic E-state index is 12.3. The van der Waals surface area contributed by atoms with Crippen LogP contribution in [0.2, 0.25) is 0 Å². The van der Waals surface area contributed by atoms with Crippen LogP contribution in [0.5, 0.6) is 11.5 Å². The summed E-state index contributed by atoms with van der Waals surface area (Å²) in [5.41, 5.74) is 2.52. The summed E-state index contributed by atoms with van der Waals surface area (Å²) in [6.45, 7) is 6.24. The van der Waals surface area contributed by atoms with Crippen molar-refractivity contribution in [1.29, 1.82) is 0 Å². The molecule has 2 rings (SSSR count). The van der Waals surface area contributed by atoms with E-state index in [1.165, 1.54) is 10.6 Å². The third-order valence-electron chi connectivity index (χ3n) is 4.77. The van der Waals surface area contributed by atoms with E-state index in [-0.39, 0.29) is 24.9 Å². The fourth-order valence-electron chi connectivity index (χ4n) is 3.12. The summed E-state index contributed by atoms with van der Waals surface area (Å²) in [7, 11) is -1.85. The molecule has 0 bridgehead atoms. The van der Waals surface area contributed by atoms with Gasteiger partial charge in [0.05, 0.1) is 25.1 Å². The van der Waals surface area contributed by atoms with Gasteiger partial charge in [-0.05, 0) is 68.7 Å². The predicted molar refractivity (Wildman–Crippen MR) is 123 cm³/mol. The van der Waals surface area contributed by atoms with Crippen LogP contribution in [-0.2, 0) is 14.8 Å². The van der Waals surface area contributed by atoms with Crippen LogP contribution in [0.3, 0.4) is 0 Å². The number of nitrogens with zero attached hydrogens (tertiary/aromatic N) is 1. The number of amides is 1. The van der Waals surface area contributed by atoms with Crippen molar-refractivity contribution in [2.75, 3.05) is 30.8 Å². The molecule has 0 spiro atoms. The lowest BCUT2D eigenvalue weighted by molar-refractivity contribution is -0.121. The van der Waals surface area contributed by atoms with Crippen molar-refractivity contribution in [2.24, 2.45) is 0 Å². The van der Waals surface area contributed by atoms with Crippen molar-refractivity contribution < 1.29 is 22.7 Å². The lowest BCUT2D eigenvalue weighted by Crippen LogP contribution is -2.37. The zero-order valence-corrected chi connectivity index (χ0v) is 19.7. The fraction of sp³-hybridized carbons (Fsp3) is 0.435. The maximum atomic E-state index is 12.3. The van der Waals surface area contributed by atoms with Crippen LogP contribution in [0, 0.1) is 13.8 Å². The van der Waals surface area contributed by atoms with Gasteiger partial charge in [0.2, 0.25) is 15.9 Å². The van der Waals surface area contributed by atoms with Crippen molar-refractivity contribution in [3.05, 3.63) is 53.6 Å². The van der Waals surface area contributed by atoms with E-state index < -0.39 is 10.0 Å². The van der Waals surface area contributed by atoms with Gasteiger partial charge in [-0.2, -0.15) is 0 Å². The Kier molecular flexibility index (Phi) is 8.74. The molecule has 170 valence electrons. The van der Waals surface area contributed by atoms with Gasteiger partial charge in [0.1, 0.15) is 18.1 Å². The summed E-state index contributed by atoms with van der Waals surface area (Å²) in [6, 6.07) is 12.8. The Morgan fingerprint density at radius 3 is 2.35 bits per heavy atom. The number of methoxy groups -OCH3 is 1. The molecule has 0 radical (unpaired) electrons. The second kappa shape index (κ2) is 11.0. The monoisotopic (exact) mass is 448 g/mol.